The van der Waals surface area contributed by atoms with Crippen LogP contribution in [-0.4, -0.2) is 37.0 Å². The van der Waals surface area contributed by atoms with Crippen LogP contribution in [0.25, 0.3) is 0 Å². The van der Waals surface area contributed by atoms with E-state index in [1.54, 1.807) is 0 Å². The van der Waals surface area contributed by atoms with E-state index in [1.807, 2.05) is 36.4 Å². The molecule has 0 radical (unpaired) electrons. The molecule has 2 aromatic carbocycles. The van der Waals surface area contributed by atoms with Gasteiger partial charge in [0.2, 0.25) is 11.8 Å². The van der Waals surface area contributed by atoms with Gasteiger partial charge in [0, 0.05) is 37.0 Å². The number of carbonyl (C=O) groups excluding carboxylic acids is 2. The fourth-order valence-corrected chi connectivity index (χ4v) is 4.66. The highest BCUT2D eigenvalue weighted by molar-refractivity contribution is 5.89. The van der Waals surface area contributed by atoms with E-state index in [-0.39, 0.29) is 35.7 Å². The second-order valence-electron chi connectivity index (χ2n) is 8.61. The molecule has 0 spiro atoms. The molecule has 2 aromatic rings. The lowest BCUT2D eigenvalue weighted by Crippen LogP contribution is -2.43. The molecule has 2 amide bonds. The molecule has 5 heteroatoms. The van der Waals surface area contributed by atoms with E-state index >= 15 is 0 Å². The zero-order chi connectivity index (χ0) is 19.8. The summed E-state index contributed by atoms with van der Waals surface area (Å²) >= 11 is 0. The summed E-state index contributed by atoms with van der Waals surface area (Å²) in [6.07, 6.45) is 1.96. The Labute approximate surface area is 171 Å². The van der Waals surface area contributed by atoms with Gasteiger partial charge in [-0.1, -0.05) is 60.7 Å². The van der Waals surface area contributed by atoms with Gasteiger partial charge in [0.05, 0.1) is 11.8 Å². The molecular weight excluding hydrogens is 362 g/mol. The Kier molecular flexibility index (Phi) is 4.84. The van der Waals surface area contributed by atoms with Crippen molar-refractivity contribution in [1.29, 1.82) is 0 Å². The SMILES string of the molecule is O=C(N[C@@H]1C[C@H]1c1ccccc1)[C@@H]1CNC[C@H]1C(=O)N[C@@H]1C[C@H]1c1ccccc1. The molecule has 0 bridgehead atoms. The molecule has 3 aliphatic rings. The third-order valence-electron chi connectivity index (χ3n) is 6.58. The first-order valence-electron chi connectivity index (χ1n) is 10.6. The third kappa shape index (κ3) is 3.92. The Hall–Kier alpha value is -2.66. The van der Waals surface area contributed by atoms with E-state index in [9.17, 15) is 9.59 Å². The van der Waals surface area contributed by atoms with Crippen molar-refractivity contribution in [2.75, 3.05) is 13.1 Å². The van der Waals surface area contributed by atoms with Gasteiger partial charge in [0.25, 0.3) is 0 Å². The monoisotopic (exact) mass is 389 g/mol. The lowest BCUT2D eigenvalue weighted by atomic mass is 9.94. The molecule has 1 aliphatic heterocycles. The average Bonchev–Trinajstić information content (AvgIpc) is 3.65. The summed E-state index contributed by atoms with van der Waals surface area (Å²) < 4.78 is 0. The number of carbonyl (C=O) groups is 2. The summed E-state index contributed by atoms with van der Waals surface area (Å²) in [6.45, 7) is 1.14. The molecule has 29 heavy (non-hydrogen) atoms. The summed E-state index contributed by atoms with van der Waals surface area (Å²) in [6, 6.07) is 21.0. The van der Waals surface area contributed by atoms with E-state index in [4.69, 9.17) is 0 Å². The predicted molar refractivity (Wildman–Crippen MR) is 111 cm³/mol. The lowest BCUT2D eigenvalue weighted by molar-refractivity contribution is -0.133. The number of amides is 2. The van der Waals surface area contributed by atoms with Gasteiger partial charge in [-0.25, -0.2) is 0 Å². The Morgan fingerprint density at radius 3 is 1.52 bits per heavy atom. The summed E-state index contributed by atoms with van der Waals surface area (Å²) in [4.78, 5) is 25.7. The van der Waals surface area contributed by atoms with E-state index in [1.165, 1.54) is 11.1 Å². The number of rotatable bonds is 6. The molecule has 0 aromatic heterocycles. The van der Waals surface area contributed by atoms with Gasteiger partial charge in [0.1, 0.15) is 0 Å². The highest BCUT2D eigenvalue weighted by Gasteiger charge is 2.46. The second kappa shape index (κ2) is 7.64. The first-order chi connectivity index (χ1) is 14.2. The standard InChI is InChI=1S/C24H27N3O2/c28-23(26-21-11-17(21)15-7-3-1-4-8-15)19-13-25-14-20(19)24(29)27-22-12-18(22)16-9-5-2-6-10-16/h1-10,17-22,25H,11-14H2,(H,26,28)(H,27,29)/t17-,18-,19+,20+,21+,22+/m0/s1. The van der Waals surface area contributed by atoms with Crippen LogP contribution in [0, 0.1) is 11.8 Å². The number of nitrogens with one attached hydrogen (secondary N) is 3. The summed E-state index contributed by atoms with van der Waals surface area (Å²) in [5.74, 6) is 0.240. The maximum Gasteiger partial charge on any atom is 0.225 e. The molecule has 2 saturated carbocycles. The Bertz CT molecular complexity index is 812. The van der Waals surface area contributed by atoms with E-state index < -0.39 is 0 Å². The van der Waals surface area contributed by atoms with Gasteiger partial charge in [0.15, 0.2) is 0 Å². The smallest absolute Gasteiger partial charge is 0.225 e. The Morgan fingerprint density at radius 2 is 1.10 bits per heavy atom. The van der Waals surface area contributed by atoms with Crippen LogP contribution in [0.15, 0.2) is 60.7 Å². The molecule has 5 nitrogen and oxygen atoms in total. The van der Waals surface area contributed by atoms with Crippen LogP contribution in [0.4, 0.5) is 0 Å². The van der Waals surface area contributed by atoms with Gasteiger partial charge < -0.3 is 16.0 Å². The predicted octanol–water partition coefficient (Wildman–Crippen LogP) is 2.17. The lowest BCUT2D eigenvalue weighted by Gasteiger charge is -2.18. The van der Waals surface area contributed by atoms with Crippen molar-refractivity contribution in [3.63, 3.8) is 0 Å². The molecule has 0 unspecified atom stereocenters. The molecular formula is C24H27N3O2. The topological polar surface area (TPSA) is 70.2 Å². The molecule has 2 aliphatic carbocycles. The Balaban J connectivity index is 1.14. The number of benzene rings is 2. The molecule has 5 rings (SSSR count). The fourth-order valence-electron chi connectivity index (χ4n) is 4.66. The maximum absolute atomic E-state index is 12.8. The average molecular weight is 389 g/mol. The molecule has 150 valence electrons. The normalized spacial score (nSPS) is 32.4. The van der Waals surface area contributed by atoms with Crippen molar-refractivity contribution in [3.05, 3.63) is 71.8 Å². The quantitative estimate of drug-likeness (QED) is 0.709. The van der Waals surface area contributed by atoms with Gasteiger partial charge in [-0.05, 0) is 24.0 Å². The van der Waals surface area contributed by atoms with Crippen LogP contribution >= 0.6 is 0 Å². The van der Waals surface area contributed by atoms with Crippen LogP contribution < -0.4 is 16.0 Å². The minimum atomic E-state index is -0.291. The van der Waals surface area contributed by atoms with E-state index in [2.05, 4.69) is 40.2 Å². The summed E-state index contributed by atoms with van der Waals surface area (Å²) in [5, 5.41) is 9.58. The first-order valence-corrected chi connectivity index (χ1v) is 10.6. The molecule has 6 atom stereocenters. The first kappa shape index (κ1) is 18.4. The molecule has 1 saturated heterocycles. The van der Waals surface area contributed by atoms with Gasteiger partial charge in [-0.3, -0.25) is 9.59 Å². The van der Waals surface area contributed by atoms with Crippen LogP contribution in [0.3, 0.4) is 0 Å². The van der Waals surface area contributed by atoms with Gasteiger partial charge >= 0.3 is 0 Å². The Morgan fingerprint density at radius 1 is 0.690 bits per heavy atom. The minimum Gasteiger partial charge on any atom is -0.352 e. The van der Waals surface area contributed by atoms with Crippen molar-refractivity contribution in [3.8, 4) is 0 Å². The van der Waals surface area contributed by atoms with Crippen LogP contribution in [0.5, 0.6) is 0 Å². The zero-order valence-electron chi connectivity index (χ0n) is 16.4. The highest BCUT2D eigenvalue weighted by Crippen LogP contribution is 2.42. The van der Waals surface area contributed by atoms with E-state index in [0.29, 0.717) is 24.9 Å². The van der Waals surface area contributed by atoms with Crippen molar-refractivity contribution in [2.24, 2.45) is 11.8 Å². The van der Waals surface area contributed by atoms with Crippen molar-refractivity contribution in [2.45, 2.75) is 36.8 Å². The zero-order valence-corrected chi connectivity index (χ0v) is 16.4. The minimum absolute atomic E-state index is 0.00832. The molecule has 3 N–H and O–H groups in total. The van der Waals surface area contributed by atoms with Crippen molar-refractivity contribution < 1.29 is 9.59 Å². The largest absolute Gasteiger partial charge is 0.352 e. The van der Waals surface area contributed by atoms with Crippen LogP contribution in [0.2, 0.25) is 0 Å². The maximum atomic E-state index is 12.8. The van der Waals surface area contributed by atoms with Crippen LogP contribution in [0.1, 0.15) is 35.8 Å². The second-order valence-corrected chi connectivity index (χ2v) is 8.61. The highest BCUT2D eigenvalue weighted by atomic mass is 16.2. The number of hydrogen-bond donors (Lipinski definition) is 3. The summed E-state index contributed by atoms with van der Waals surface area (Å²) in [7, 11) is 0. The van der Waals surface area contributed by atoms with E-state index in [0.717, 1.165) is 12.8 Å². The molecule has 3 fully saturated rings. The van der Waals surface area contributed by atoms with Gasteiger partial charge in [-0.15, -0.1) is 0 Å². The summed E-state index contributed by atoms with van der Waals surface area (Å²) in [5.41, 5.74) is 2.55. The van der Waals surface area contributed by atoms with Crippen molar-refractivity contribution >= 4 is 11.8 Å². The van der Waals surface area contributed by atoms with Crippen molar-refractivity contribution in [1.82, 2.24) is 16.0 Å². The van der Waals surface area contributed by atoms with Crippen LogP contribution in [-0.2, 0) is 9.59 Å². The fraction of sp³-hybridized carbons (Fsp3) is 0.417. The van der Waals surface area contributed by atoms with Gasteiger partial charge in [-0.2, -0.15) is 0 Å². The third-order valence-corrected chi connectivity index (χ3v) is 6.58. The number of hydrogen-bond acceptors (Lipinski definition) is 3. The molecule has 1 heterocycles.